The number of fused-ring (bicyclic) bond motifs is 1. The predicted molar refractivity (Wildman–Crippen MR) is 150 cm³/mol. The van der Waals surface area contributed by atoms with Gasteiger partial charge in [0.05, 0.1) is 29.2 Å². The Kier molecular flexibility index (Phi) is 9.60. The van der Waals surface area contributed by atoms with Crippen LogP contribution in [-0.2, 0) is 14.4 Å². The molecule has 0 aliphatic carbocycles. The molecule has 3 unspecified atom stereocenters. The van der Waals surface area contributed by atoms with Crippen LogP contribution in [0.2, 0.25) is 0 Å². The van der Waals surface area contributed by atoms with Crippen molar-refractivity contribution in [2.45, 2.75) is 101 Å². The van der Waals surface area contributed by atoms with E-state index in [1.165, 1.54) is 0 Å². The van der Waals surface area contributed by atoms with E-state index in [0.717, 1.165) is 25.7 Å². The number of aliphatic hydroxyl groups excluding tert-OH is 1. The zero-order chi connectivity index (χ0) is 27.5. The monoisotopic (exact) mass is 533 g/mol. The lowest BCUT2D eigenvalue weighted by atomic mass is 9.66. The maximum Gasteiger partial charge on any atom is 0.247 e. The largest absolute Gasteiger partial charge is 0.394 e. The highest BCUT2D eigenvalue weighted by Gasteiger charge is 2.78. The molecule has 3 aliphatic rings. The number of amides is 3. The average Bonchev–Trinajstić information content (AvgIpc) is 3.43. The summed E-state index contributed by atoms with van der Waals surface area (Å²) in [6.07, 6.45) is 8.14. The van der Waals surface area contributed by atoms with Gasteiger partial charge in [-0.05, 0) is 46.0 Å². The SMILES string of the molecule is C=CCN(CCC)C(=O)[C@@H]1[C@H]2C(=O)N([C@@H](CC)CO)C(C(=O)N(CC=C)C(C)CCC)C23CC[C@@]1(C)S3. The molecule has 7 nitrogen and oxygen atoms in total. The molecule has 2 bridgehead atoms. The first-order chi connectivity index (χ1) is 17.6. The highest BCUT2D eigenvalue weighted by atomic mass is 32.2. The van der Waals surface area contributed by atoms with Crippen LogP contribution in [0.1, 0.15) is 73.1 Å². The van der Waals surface area contributed by atoms with Crippen LogP contribution in [0, 0.1) is 11.8 Å². The van der Waals surface area contributed by atoms with Gasteiger partial charge in [0, 0.05) is 30.4 Å². The molecule has 1 spiro atoms. The molecule has 0 aromatic carbocycles. The van der Waals surface area contributed by atoms with Gasteiger partial charge >= 0.3 is 0 Å². The van der Waals surface area contributed by atoms with E-state index in [2.05, 4.69) is 33.9 Å². The van der Waals surface area contributed by atoms with Gasteiger partial charge in [-0.3, -0.25) is 14.4 Å². The number of carbonyl (C=O) groups is 3. The minimum atomic E-state index is -0.704. The van der Waals surface area contributed by atoms with E-state index in [1.807, 2.05) is 23.6 Å². The number of nitrogens with zero attached hydrogens (tertiary/aromatic N) is 3. The van der Waals surface area contributed by atoms with E-state index in [1.54, 1.807) is 28.8 Å². The normalized spacial score (nSPS) is 31.7. The highest BCUT2D eigenvalue weighted by Crippen LogP contribution is 2.72. The Bertz CT molecular complexity index is 892. The molecule has 3 amide bonds. The molecule has 1 N–H and O–H groups in total. The van der Waals surface area contributed by atoms with Gasteiger partial charge in [-0.1, -0.05) is 39.3 Å². The quantitative estimate of drug-likeness (QED) is 0.343. The molecule has 3 fully saturated rings. The van der Waals surface area contributed by atoms with Crippen molar-refractivity contribution in [3.63, 3.8) is 0 Å². The molecule has 3 heterocycles. The van der Waals surface area contributed by atoms with Crippen LogP contribution in [0.4, 0.5) is 0 Å². The number of hydrogen-bond acceptors (Lipinski definition) is 5. The van der Waals surface area contributed by atoms with E-state index in [4.69, 9.17) is 0 Å². The summed E-state index contributed by atoms with van der Waals surface area (Å²) in [6.45, 7) is 19.2. The Morgan fingerprint density at radius 1 is 1.16 bits per heavy atom. The lowest BCUT2D eigenvalue weighted by Crippen LogP contribution is -2.58. The van der Waals surface area contributed by atoms with Crippen LogP contribution < -0.4 is 0 Å². The molecule has 7 atom stereocenters. The van der Waals surface area contributed by atoms with E-state index in [0.29, 0.717) is 32.5 Å². The first-order valence-electron chi connectivity index (χ1n) is 14.1. The van der Waals surface area contributed by atoms with E-state index < -0.39 is 33.4 Å². The van der Waals surface area contributed by atoms with Gasteiger partial charge < -0.3 is 19.8 Å². The molecule has 3 saturated heterocycles. The van der Waals surface area contributed by atoms with Crippen molar-refractivity contribution in [2.24, 2.45) is 11.8 Å². The van der Waals surface area contributed by atoms with Crippen molar-refractivity contribution in [1.82, 2.24) is 14.7 Å². The lowest BCUT2D eigenvalue weighted by molar-refractivity contribution is -0.148. The maximum atomic E-state index is 14.5. The zero-order valence-corrected chi connectivity index (χ0v) is 24.3. The molecule has 3 aliphatic heterocycles. The van der Waals surface area contributed by atoms with Crippen molar-refractivity contribution in [1.29, 1.82) is 0 Å². The Morgan fingerprint density at radius 3 is 2.38 bits per heavy atom. The van der Waals surface area contributed by atoms with Crippen molar-refractivity contribution in [3.05, 3.63) is 25.3 Å². The van der Waals surface area contributed by atoms with Gasteiger partial charge in [-0.15, -0.1) is 24.9 Å². The number of rotatable bonds is 14. The molecule has 3 rings (SSSR count). The summed E-state index contributed by atoms with van der Waals surface area (Å²) in [5.74, 6) is -1.31. The summed E-state index contributed by atoms with van der Waals surface area (Å²) in [5, 5.41) is 10.3. The molecular weight excluding hydrogens is 486 g/mol. The molecule has 0 aromatic rings. The predicted octanol–water partition coefficient (Wildman–Crippen LogP) is 3.87. The van der Waals surface area contributed by atoms with Gasteiger partial charge in [0.2, 0.25) is 17.7 Å². The molecule has 37 heavy (non-hydrogen) atoms. The number of likely N-dealkylation sites (tertiary alicyclic amines) is 1. The molecule has 0 aromatic heterocycles. The Labute approximate surface area is 227 Å². The Hall–Kier alpha value is -1.80. The number of carbonyl (C=O) groups excluding carboxylic acids is 3. The highest BCUT2D eigenvalue weighted by molar-refractivity contribution is 8.02. The third kappa shape index (κ3) is 4.88. The van der Waals surface area contributed by atoms with Gasteiger partial charge in [-0.2, -0.15) is 0 Å². The van der Waals surface area contributed by atoms with E-state index in [9.17, 15) is 19.5 Å². The topological polar surface area (TPSA) is 81.2 Å². The van der Waals surface area contributed by atoms with E-state index in [-0.39, 0.29) is 30.4 Å². The third-order valence-corrected chi connectivity index (χ3v) is 10.8. The van der Waals surface area contributed by atoms with Crippen LogP contribution >= 0.6 is 11.8 Å². The second-order valence-corrected chi connectivity index (χ2v) is 13.1. The van der Waals surface area contributed by atoms with Crippen LogP contribution in [-0.4, -0.2) is 91.4 Å². The zero-order valence-electron chi connectivity index (χ0n) is 23.4. The minimum absolute atomic E-state index is 0.00126. The first kappa shape index (κ1) is 29.8. The van der Waals surface area contributed by atoms with Crippen molar-refractivity contribution >= 4 is 29.5 Å². The molecule has 208 valence electrons. The van der Waals surface area contributed by atoms with Gasteiger partial charge in [0.25, 0.3) is 0 Å². The fraction of sp³-hybridized carbons (Fsp3) is 0.759. The van der Waals surface area contributed by atoms with Crippen LogP contribution in [0.25, 0.3) is 0 Å². The van der Waals surface area contributed by atoms with Crippen LogP contribution in [0.3, 0.4) is 0 Å². The number of hydrogen-bond donors (Lipinski definition) is 1. The summed E-state index contributed by atoms with van der Waals surface area (Å²) in [4.78, 5) is 48.2. The molecule has 0 saturated carbocycles. The molecule has 0 radical (unpaired) electrons. The third-order valence-electron chi connectivity index (χ3n) is 8.79. The molecular formula is C29H47N3O4S. The molecule has 8 heteroatoms. The van der Waals surface area contributed by atoms with Crippen molar-refractivity contribution in [2.75, 3.05) is 26.2 Å². The van der Waals surface area contributed by atoms with E-state index >= 15 is 0 Å². The van der Waals surface area contributed by atoms with Gasteiger partial charge in [0.1, 0.15) is 6.04 Å². The number of thioether (sulfide) groups is 1. The minimum Gasteiger partial charge on any atom is -0.394 e. The standard InChI is InChI=1S/C29H47N3O4S/c1-8-13-20(6)31(18-11-4)27(36)24-29-15-14-28(7,37-29)22(25(34)30(16-9-2)17-10-3)23(29)26(35)32(24)21(12-5)19-33/h9,11,20-24,33H,2,4,8,10,12-19H2,1,3,5-7H3/t20?,21-,22-,23-,24?,28+,29?/m0/s1. The smallest absolute Gasteiger partial charge is 0.247 e. The summed E-state index contributed by atoms with van der Waals surface area (Å²) >= 11 is 1.69. The van der Waals surface area contributed by atoms with Gasteiger partial charge in [0.15, 0.2) is 0 Å². The van der Waals surface area contributed by atoms with Crippen molar-refractivity contribution < 1.29 is 19.5 Å². The van der Waals surface area contributed by atoms with Crippen LogP contribution in [0.5, 0.6) is 0 Å². The second-order valence-electron chi connectivity index (χ2n) is 11.2. The lowest BCUT2D eigenvalue weighted by Gasteiger charge is -2.41. The van der Waals surface area contributed by atoms with Crippen LogP contribution in [0.15, 0.2) is 25.3 Å². The summed E-state index contributed by atoms with van der Waals surface area (Å²) < 4.78 is -1.09. The average molecular weight is 534 g/mol. The summed E-state index contributed by atoms with van der Waals surface area (Å²) in [5.41, 5.74) is 0. The number of aliphatic hydroxyl groups is 1. The van der Waals surface area contributed by atoms with Gasteiger partial charge in [-0.25, -0.2) is 0 Å². The summed E-state index contributed by atoms with van der Waals surface area (Å²) in [7, 11) is 0. The first-order valence-corrected chi connectivity index (χ1v) is 14.9. The maximum absolute atomic E-state index is 14.5. The second kappa shape index (κ2) is 11.9. The van der Waals surface area contributed by atoms with Crippen molar-refractivity contribution in [3.8, 4) is 0 Å². The Balaban J connectivity index is 2.13. The fourth-order valence-corrected chi connectivity index (χ4v) is 9.43. The fourth-order valence-electron chi connectivity index (χ4n) is 7.10. The Morgan fingerprint density at radius 2 is 1.84 bits per heavy atom. The summed E-state index contributed by atoms with van der Waals surface area (Å²) in [6, 6.07) is -1.16.